The average molecular weight is 258 g/mol. The van der Waals surface area contributed by atoms with Gasteiger partial charge in [-0.2, -0.15) is 0 Å². The number of hydrogen-bond acceptors (Lipinski definition) is 2. The Kier molecular flexibility index (Phi) is 3.69. The molecule has 0 bridgehead atoms. The zero-order valence-corrected chi connectivity index (χ0v) is 11.5. The number of Topliss-reactive ketones (excluding diaryl/α,β-unsaturated/α-hetero) is 1. The third-order valence-corrected chi connectivity index (χ3v) is 3.21. The molecule has 0 aliphatic carbocycles. The third kappa shape index (κ3) is 2.84. The fourth-order valence-electron chi connectivity index (χ4n) is 2.24. The van der Waals surface area contributed by atoms with Gasteiger partial charge < -0.3 is 9.47 Å². The van der Waals surface area contributed by atoms with Crippen molar-refractivity contribution in [1.82, 2.24) is 9.47 Å². The van der Waals surface area contributed by atoms with E-state index in [9.17, 15) is 9.59 Å². The maximum Gasteiger partial charge on any atom is 0.230 e. The fraction of sp³-hybridized carbons (Fsp3) is 0.333. The number of nitrogens with zero attached hydrogens (tertiary/aromatic N) is 2. The molecule has 100 valence electrons. The first kappa shape index (κ1) is 13.3. The fourth-order valence-corrected chi connectivity index (χ4v) is 2.24. The summed E-state index contributed by atoms with van der Waals surface area (Å²) in [4.78, 5) is 24.4. The minimum atomic E-state index is -0.138. The van der Waals surface area contributed by atoms with E-state index in [1.165, 1.54) is 6.92 Å². The van der Waals surface area contributed by atoms with Gasteiger partial charge in [-0.25, -0.2) is 0 Å². The van der Waals surface area contributed by atoms with Crippen LogP contribution in [0.25, 0.3) is 10.9 Å². The highest BCUT2D eigenvalue weighted by Crippen LogP contribution is 2.21. The number of ketones is 1. The van der Waals surface area contributed by atoms with Gasteiger partial charge >= 0.3 is 0 Å². The molecule has 0 atom stereocenters. The van der Waals surface area contributed by atoms with Crippen LogP contribution in [0, 0.1) is 0 Å². The number of para-hydroxylation sites is 1. The lowest BCUT2D eigenvalue weighted by atomic mass is 10.1. The molecule has 4 heteroatoms. The van der Waals surface area contributed by atoms with Crippen LogP contribution >= 0.6 is 0 Å². The van der Waals surface area contributed by atoms with Gasteiger partial charge in [0.1, 0.15) is 5.78 Å². The summed E-state index contributed by atoms with van der Waals surface area (Å²) >= 11 is 0. The molecule has 0 aliphatic heterocycles. The monoisotopic (exact) mass is 258 g/mol. The van der Waals surface area contributed by atoms with Crippen LogP contribution in [-0.2, 0) is 23.2 Å². The summed E-state index contributed by atoms with van der Waals surface area (Å²) in [5, 5.41) is 1.15. The van der Waals surface area contributed by atoms with E-state index in [4.69, 9.17) is 0 Å². The third-order valence-electron chi connectivity index (χ3n) is 3.21. The zero-order chi connectivity index (χ0) is 14.0. The van der Waals surface area contributed by atoms with Gasteiger partial charge in [-0.1, -0.05) is 18.2 Å². The van der Waals surface area contributed by atoms with E-state index in [1.54, 1.807) is 11.9 Å². The van der Waals surface area contributed by atoms with Crippen LogP contribution < -0.4 is 0 Å². The topological polar surface area (TPSA) is 42.3 Å². The molecule has 0 fully saturated rings. The Morgan fingerprint density at radius 1 is 1.26 bits per heavy atom. The molecular weight excluding hydrogens is 240 g/mol. The Bertz CT molecular complexity index is 628. The minimum absolute atomic E-state index is 0.0265. The zero-order valence-electron chi connectivity index (χ0n) is 11.5. The van der Waals surface area contributed by atoms with Gasteiger partial charge in [-0.3, -0.25) is 9.59 Å². The molecule has 0 saturated heterocycles. The van der Waals surface area contributed by atoms with Crippen LogP contribution in [0.5, 0.6) is 0 Å². The van der Waals surface area contributed by atoms with Crippen LogP contribution in [0.3, 0.4) is 0 Å². The summed E-state index contributed by atoms with van der Waals surface area (Å²) in [6.45, 7) is 1.96. The van der Waals surface area contributed by atoms with E-state index in [1.807, 2.05) is 36.0 Å². The highest BCUT2D eigenvalue weighted by Gasteiger charge is 2.14. The molecule has 0 unspecified atom stereocenters. The smallest absolute Gasteiger partial charge is 0.230 e. The molecule has 1 aromatic heterocycles. The van der Waals surface area contributed by atoms with Gasteiger partial charge in [0.05, 0.1) is 6.42 Å². The predicted octanol–water partition coefficient (Wildman–Crippen LogP) is 2.12. The first-order valence-corrected chi connectivity index (χ1v) is 6.25. The molecule has 0 saturated carbocycles. The second-order valence-electron chi connectivity index (χ2n) is 4.91. The summed E-state index contributed by atoms with van der Waals surface area (Å²) in [7, 11) is 3.72. The largest absolute Gasteiger partial charge is 0.350 e. The number of aryl methyl sites for hydroxylation is 1. The second-order valence-corrected chi connectivity index (χ2v) is 4.91. The Morgan fingerprint density at radius 3 is 2.63 bits per heavy atom. The molecule has 2 rings (SSSR count). The Balaban J connectivity index is 2.22. The second kappa shape index (κ2) is 5.26. The van der Waals surface area contributed by atoms with Gasteiger partial charge in [0.15, 0.2) is 0 Å². The maximum atomic E-state index is 11.8. The summed E-state index contributed by atoms with van der Waals surface area (Å²) in [6, 6.07) is 8.09. The summed E-state index contributed by atoms with van der Waals surface area (Å²) in [6.07, 6.45) is 2.00. The number of hydrogen-bond donors (Lipinski definition) is 0. The van der Waals surface area contributed by atoms with Crippen molar-refractivity contribution >= 4 is 22.6 Å². The van der Waals surface area contributed by atoms with Gasteiger partial charge in [0, 0.05) is 37.7 Å². The minimum Gasteiger partial charge on any atom is -0.350 e. The van der Waals surface area contributed by atoms with Gasteiger partial charge in [-0.15, -0.1) is 0 Å². The summed E-state index contributed by atoms with van der Waals surface area (Å²) < 4.78 is 2.05. The van der Waals surface area contributed by atoms with Crippen molar-refractivity contribution in [2.24, 2.45) is 7.05 Å². The lowest BCUT2D eigenvalue weighted by Crippen LogP contribution is -2.27. The van der Waals surface area contributed by atoms with E-state index in [0.29, 0.717) is 6.54 Å². The first-order chi connectivity index (χ1) is 8.99. The predicted molar refractivity (Wildman–Crippen MR) is 74.7 cm³/mol. The standard InChI is InChI=1S/C15H18N2O2/c1-11(18)8-15(19)17(3)10-12-9-16(2)14-7-5-4-6-13(12)14/h4-7,9H,8,10H2,1-3H3. The molecule has 0 radical (unpaired) electrons. The number of amides is 1. The van der Waals surface area contributed by atoms with Crippen molar-refractivity contribution in [2.75, 3.05) is 7.05 Å². The lowest BCUT2D eigenvalue weighted by Gasteiger charge is -2.15. The van der Waals surface area contributed by atoms with Crippen molar-refractivity contribution in [2.45, 2.75) is 19.9 Å². The number of carbonyl (C=O) groups excluding carboxylic acids is 2. The summed E-state index contributed by atoms with van der Waals surface area (Å²) in [5.74, 6) is -0.241. The number of benzene rings is 1. The van der Waals surface area contributed by atoms with E-state index in [0.717, 1.165) is 16.5 Å². The van der Waals surface area contributed by atoms with Crippen LogP contribution in [0.2, 0.25) is 0 Å². The molecule has 1 amide bonds. The van der Waals surface area contributed by atoms with Crippen molar-refractivity contribution in [3.05, 3.63) is 36.0 Å². The normalized spacial score (nSPS) is 10.7. The molecular formula is C15H18N2O2. The van der Waals surface area contributed by atoms with Crippen LogP contribution in [0.4, 0.5) is 0 Å². The highest BCUT2D eigenvalue weighted by molar-refractivity contribution is 5.96. The molecule has 2 aromatic rings. The van der Waals surface area contributed by atoms with Crippen molar-refractivity contribution in [3.63, 3.8) is 0 Å². The summed E-state index contributed by atoms with van der Waals surface area (Å²) in [5.41, 5.74) is 2.24. The number of fused-ring (bicyclic) bond motifs is 1. The molecule has 1 heterocycles. The number of carbonyl (C=O) groups is 2. The van der Waals surface area contributed by atoms with Crippen molar-refractivity contribution < 1.29 is 9.59 Å². The lowest BCUT2D eigenvalue weighted by molar-refractivity contribution is -0.134. The number of rotatable bonds is 4. The highest BCUT2D eigenvalue weighted by atomic mass is 16.2. The van der Waals surface area contributed by atoms with E-state index in [-0.39, 0.29) is 18.1 Å². The van der Waals surface area contributed by atoms with E-state index < -0.39 is 0 Å². The van der Waals surface area contributed by atoms with Gasteiger partial charge in [0.2, 0.25) is 5.91 Å². The molecule has 1 aromatic carbocycles. The first-order valence-electron chi connectivity index (χ1n) is 6.25. The molecule has 19 heavy (non-hydrogen) atoms. The van der Waals surface area contributed by atoms with Crippen LogP contribution in [-0.4, -0.2) is 28.2 Å². The van der Waals surface area contributed by atoms with Gasteiger partial charge in [0.25, 0.3) is 0 Å². The Morgan fingerprint density at radius 2 is 1.95 bits per heavy atom. The van der Waals surface area contributed by atoms with Crippen molar-refractivity contribution in [3.8, 4) is 0 Å². The quantitative estimate of drug-likeness (QED) is 0.788. The molecule has 0 spiro atoms. The van der Waals surface area contributed by atoms with E-state index in [2.05, 4.69) is 6.07 Å². The van der Waals surface area contributed by atoms with E-state index >= 15 is 0 Å². The molecule has 0 N–H and O–H groups in total. The number of aromatic nitrogens is 1. The SMILES string of the molecule is CC(=O)CC(=O)N(C)Cc1cn(C)c2ccccc12. The van der Waals surface area contributed by atoms with Crippen molar-refractivity contribution in [1.29, 1.82) is 0 Å². The molecule has 0 aliphatic rings. The molecule has 4 nitrogen and oxygen atoms in total. The van der Waals surface area contributed by atoms with Crippen LogP contribution in [0.15, 0.2) is 30.5 Å². The average Bonchev–Trinajstić information content (AvgIpc) is 2.66. The maximum absolute atomic E-state index is 11.8. The van der Waals surface area contributed by atoms with Crippen LogP contribution in [0.1, 0.15) is 18.9 Å². The Labute approximate surface area is 112 Å². The van der Waals surface area contributed by atoms with Gasteiger partial charge in [-0.05, 0) is 18.6 Å². The Hall–Kier alpha value is -2.10.